The Labute approximate surface area is 170 Å². The van der Waals surface area contributed by atoms with Gasteiger partial charge >= 0.3 is 0 Å². The van der Waals surface area contributed by atoms with Gasteiger partial charge in [0.1, 0.15) is 5.70 Å². The second kappa shape index (κ2) is 8.35. The summed E-state index contributed by atoms with van der Waals surface area (Å²) < 4.78 is 2.15. The summed E-state index contributed by atoms with van der Waals surface area (Å²) in [5, 5.41) is 3.94. The molecule has 0 spiro atoms. The Hall–Kier alpha value is -3.34. The number of rotatable bonds is 5. The number of nitrogens with one attached hydrogen (secondary N) is 1. The van der Waals surface area contributed by atoms with E-state index in [0.717, 1.165) is 48.9 Å². The van der Waals surface area contributed by atoms with Crippen LogP contribution >= 0.6 is 0 Å². The van der Waals surface area contributed by atoms with E-state index >= 15 is 0 Å². The predicted molar refractivity (Wildman–Crippen MR) is 115 cm³/mol. The molecule has 2 amide bonds. The van der Waals surface area contributed by atoms with Gasteiger partial charge in [-0.05, 0) is 44.0 Å². The van der Waals surface area contributed by atoms with Gasteiger partial charge in [0.25, 0.3) is 11.8 Å². The highest BCUT2D eigenvalue weighted by Gasteiger charge is 2.24. The number of amides is 2. The first-order chi connectivity index (χ1) is 14.2. The molecule has 1 aliphatic rings. The molecule has 1 N–H and O–H groups in total. The molecular weight excluding hydrogens is 362 g/mol. The van der Waals surface area contributed by atoms with Crippen molar-refractivity contribution in [2.24, 2.45) is 0 Å². The third-order valence-electron chi connectivity index (χ3n) is 5.37. The van der Waals surface area contributed by atoms with Crippen molar-refractivity contribution in [2.45, 2.75) is 26.3 Å². The Morgan fingerprint density at radius 3 is 2.41 bits per heavy atom. The minimum Gasteiger partial charge on any atom is -0.347 e. The molecule has 0 aliphatic carbocycles. The average Bonchev–Trinajstić information content (AvgIpc) is 3.42. The fourth-order valence-electron chi connectivity index (χ4n) is 3.83. The van der Waals surface area contributed by atoms with Crippen molar-refractivity contribution in [3.8, 4) is 0 Å². The van der Waals surface area contributed by atoms with Gasteiger partial charge < -0.3 is 14.8 Å². The van der Waals surface area contributed by atoms with Gasteiger partial charge in [-0.25, -0.2) is 0 Å². The molecule has 5 nitrogen and oxygen atoms in total. The van der Waals surface area contributed by atoms with E-state index in [1.54, 1.807) is 12.1 Å². The molecular formula is C24H25N3O2. The van der Waals surface area contributed by atoms with Crippen LogP contribution in [0.25, 0.3) is 17.0 Å². The first-order valence-electron chi connectivity index (χ1n) is 10.1. The Kier molecular flexibility index (Phi) is 5.47. The number of carbonyl (C=O) groups is 2. The van der Waals surface area contributed by atoms with Gasteiger partial charge in [0, 0.05) is 47.9 Å². The Balaban J connectivity index is 1.74. The molecule has 0 unspecified atom stereocenters. The van der Waals surface area contributed by atoms with Crippen LogP contribution in [0.5, 0.6) is 0 Å². The maximum absolute atomic E-state index is 13.2. The lowest BCUT2D eigenvalue weighted by molar-refractivity contribution is -0.126. The van der Waals surface area contributed by atoms with Gasteiger partial charge in [-0.15, -0.1) is 0 Å². The molecule has 3 aromatic rings. The van der Waals surface area contributed by atoms with E-state index in [9.17, 15) is 9.59 Å². The van der Waals surface area contributed by atoms with Crippen molar-refractivity contribution in [1.82, 2.24) is 14.8 Å². The Morgan fingerprint density at radius 1 is 1.00 bits per heavy atom. The maximum Gasteiger partial charge on any atom is 0.270 e. The first kappa shape index (κ1) is 19.0. The summed E-state index contributed by atoms with van der Waals surface area (Å²) in [6.07, 6.45) is 5.86. The van der Waals surface area contributed by atoms with Crippen LogP contribution in [0.3, 0.4) is 0 Å². The zero-order valence-electron chi connectivity index (χ0n) is 16.6. The van der Waals surface area contributed by atoms with Crippen LogP contribution in [0.15, 0.2) is 66.5 Å². The van der Waals surface area contributed by atoms with Crippen LogP contribution in [0.1, 0.15) is 35.7 Å². The lowest BCUT2D eigenvalue weighted by atomic mass is 10.1. The number of para-hydroxylation sites is 1. The van der Waals surface area contributed by atoms with E-state index in [1.165, 1.54) is 0 Å². The summed E-state index contributed by atoms with van der Waals surface area (Å²) in [5.41, 5.74) is 2.89. The number of hydrogen-bond donors (Lipinski definition) is 1. The number of likely N-dealkylation sites (tertiary alicyclic amines) is 1. The third kappa shape index (κ3) is 3.94. The summed E-state index contributed by atoms with van der Waals surface area (Å²) in [6.45, 7) is 4.38. The Morgan fingerprint density at radius 2 is 1.69 bits per heavy atom. The highest BCUT2D eigenvalue weighted by molar-refractivity contribution is 6.06. The lowest BCUT2D eigenvalue weighted by Gasteiger charge is -2.18. The number of carbonyl (C=O) groups excluding carboxylic acids is 2. The number of aryl methyl sites for hydroxylation is 1. The number of benzene rings is 2. The molecule has 2 heterocycles. The molecule has 148 valence electrons. The molecule has 1 fully saturated rings. The van der Waals surface area contributed by atoms with Gasteiger partial charge in [-0.3, -0.25) is 9.59 Å². The molecule has 0 saturated carbocycles. The van der Waals surface area contributed by atoms with E-state index in [0.29, 0.717) is 11.3 Å². The monoisotopic (exact) mass is 387 g/mol. The van der Waals surface area contributed by atoms with Crippen molar-refractivity contribution >= 4 is 28.8 Å². The molecule has 29 heavy (non-hydrogen) atoms. The number of aromatic nitrogens is 1. The summed E-state index contributed by atoms with van der Waals surface area (Å²) in [5.74, 6) is -0.399. The van der Waals surface area contributed by atoms with Gasteiger partial charge in [-0.1, -0.05) is 36.4 Å². The Bertz CT molecular complexity index is 1060. The molecule has 0 atom stereocenters. The van der Waals surface area contributed by atoms with E-state index in [4.69, 9.17) is 0 Å². The number of fused-ring (bicyclic) bond motifs is 1. The highest BCUT2D eigenvalue weighted by Crippen LogP contribution is 2.24. The van der Waals surface area contributed by atoms with Crippen molar-refractivity contribution < 1.29 is 9.59 Å². The van der Waals surface area contributed by atoms with Crippen molar-refractivity contribution in [3.63, 3.8) is 0 Å². The van der Waals surface area contributed by atoms with Crippen LogP contribution in [0.2, 0.25) is 0 Å². The molecule has 0 radical (unpaired) electrons. The van der Waals surface area contributed by atoms with Gasteiger partial charge in [0.2, 0.25) is 0 Å². The average molecular weight is 387 g/mol. The third-order valence-corrected chi connectivity index (χ3v) is 5.37. The SMILES string of the molecule is CCn1cc(C=C(NC(=O)c2ccccc2)C(=O)N2CCCC2)c2ccccc21. The number of nitrogens with zero attached hydrogens (tertiary/aromatic N) is 2. The first-order valence-corrected chi connectivity index (χ1v) is 10.1. The largest absolute Gasteiger partial charge is 0.347 e. The second-order valence-corrected chi connectivity index (χ2v) is 7.27. The molecule has 4 rings (SSSR count). The summed E-state index contributed by atoms with van der Waals surface area (Å²) in [6, 6.07) is 17.1. The van der Waals surface area contributed by atoms with Crippen molar-refractivity contribution in [3.05, 3.63) is 77.6 Å². The summed E-state index contributed by atoms with van der Waals surface area (Å²) in [7, 11) is 0. The predicted octanol–water partition coefficient (Wildman–Crippen LogP) is 4.05. The van der Waals surface area contributed by atoms with Crippen LogP contribution in [0, 0.1) is 0 Å². The topological polar surface area (TPSA) is 54.3 Å². The zero-order valence-corrected chi connectivity index (χ0v) is 16.6. The maximum atomic E-state index is 13.2. The second-order valence-electron chi connectivity index (χ2n) is 7.27. The van der Waals surface area contributed by atoms with Gasteiger partial charge in [-0.2, -0.15) is 0 Å². The van der Waals surface area contributed by atoms with Gasteiger partial charge in [0.05, 0.1) is 0 Å². The molecule has 0 bridgehead atoms. The van der Waals surface area contributed by atoms with E-state index in [1.807, 2.05) is 53.6 Å². The minimum atomic E-state index is -0.274. The number of hydrogen-bond acceptors (Lipinski definition) is 2. The smallest absolute Gasteiger partial charge is 0.270 e. The van der Waals surface area contributed by atoms with Crippen LogP contribution in [0.4, 0.5) is 0 Å². The summed E-state index contributed by atoms with van der Waals surface area (Å²) >= 11 is 0. The standard InChI is InChI=1S/C24H25N3O2/c1-2-26-17-19(20-12-6-7-13-22(20)26)16-21(24(29)27-14-8-9-15-27)25-23(28)18-10-4-3-5-11-18/h3-7,10-13,16-17H,2,8-9,14-15H2,1H3,(H,25,28). The highest BCUT2D eigenvalue weighted by atomic mass is 16.2. The molecule has 2 aromatic carbocycles. The van der Waals surface area contributed by atoms with E-state index in [-0.39, 0.29) is 11.8 Å². The summed E-state index contributed by atoms with van der Waals surface area (Å²) in [4.78, 5) is 27.7. The van der Waals surface area contributed by atoms with Crippen LogP contribution < -0.4 is 5.32 Å². The van der Waals surface area contributed by atoms with E-state index in [2.05, 4.69) is 22.9 Å². The quantitative estimate of drug-likeness (QED) is 0.672. The molecule has 5 heteroatoms. The molecule has 1 aromatic heterocycles. The fraction of sp³-hybridized carbons (Fsp3) is 0.250. The van der Waals surface area contributed by atoms with Crippen molar-refractivity contribution in [1.29, 1.82) is 0 Å². The zero-order chi connectivity index (χ0) is 20.2. The molecule has 1 aliphatic heterocycles. The molecule has 1 saturated heterocycles. The van der Waals surface area contributed by atoms with Crippen LogP contribution in [-0.4, -0.2) is 34.4 Å². The minimum absolute atomic E-state index is 0.125. The normalized spacial score (nSPS) is 14.4. The lowest BCUT2D eigenvalue weighted by Crippen LogP contribution is -2.36. The fourth-order valence-corrected chi connectivity index (χ4v) is 3.83. The van der Waals surface area contributed by atoms with Gasteiger partial charge in [0.15, 0.2) is 0 Å². The van der Waals surface area contributed by atoms with Crippen molar-refractivity contribution in [2.75, 3.05) is 13.1 Å². The van der Waals surface area contributed by atoms with E-state index < -0.39 is 0 Å². The van der Waals surface area contributed by atoms with Crippen LogP contribution in [-0.2, 0) is 11.3 Å².